The lowest BCUT2D eigenvalue weighted by molar-refractivity contribution is -0.141. The number of nitrogens with one attached hydrogen (secondary N) is 2. The minimum absolute atomic E-state index is 0.178. The van der Waals surface area contributed by atoms with Crippen LogP contribution >= 0.6 is 0 Å². The summed E-state index contributed by atoms with van der Waals surface area (Å²) in [5.41, 5.74) is 1.20. The molecule has 2 aromatic heterocycles. The summed E-state index contributed by atoms with van der Waals surface area (Å²) in [5.74, 6) is 0.198. The molecule has 1 unspecified atom stereocenters. The van der Waals surface area contributed by atoms with E-state index >= 15 is 0 Å². The monoisotopic (exact) mass is 485 g/mol. The van der Waals surface area contributed by atoms with Gasteiger partial charge in [0.2, 0.25) is 0 Å². The standard InChI is InChI=1S/C27H27N5O4/c1-16-4-3-13-32(16)23-22(24(33)25(23)34)31-21(27(35)36-2)14-17-5-7-19(8-6-17)30-26-20-15-28-11-9-18(20)10-12-29-26/h5-12,15-16,21,31H,3-4,13-14H2,1-2H3,(H,29,30)/t16-,21?/m0/s1. The Morgan fingerprint density at radius 1 is 1.14 bits per heavy atom. The second-order valence-electron chi connectivity index (χ2n) is 9.07. The average Bonchev–Trinajstić information content (AvgIpc) is 3.33. The zero-order valence-electron chi connectivity index (χ0n) is 20.2. The molecule has 0 amide bonds. The summed E-state index contributed by atoms with van der Waals surface area (Å²) < 4.78 is 4.98. The molecule has 9 heteroatoms. The van der Waals surface area contributed by atoms with Gasteiger partial charge in [0.15, 0.2) is 0 Å². The summed E-state index contributed by atoms with van der Waals surface area (Å²) in [6.45, 7) is 2.75. The number of hydrogen-bond donors (Lipinski definition) is 2. The first-order valence-electron chi connectivity index (χ1n) is 11.9. The molecule has 5 rings (SSSR count). The van der Waals surface area contributed by atoms with Gasteiger partial charge in [0.05, 0.1) is 7.11 Å². The summed E-state index contributed by atoms with van der Waals surface area (Å²) in [6.07, 6.45) is 7.46. The number of ether oxygens (including phenoxy) is 1. The number of methoxy groups -OCH3 is 1. The molecule has 0 aliphatic carbocycles. The minimum atomic E-state index is -0.806. The topological polar surface area (TPSA) is 114 Å². The Bertz CT molecular complexity index is 1470. The van der Waals surface area contributed by atoms with Crippen LogP contribution < -0.4 is 26.4 Å². The Hall–Kier alpha value is -4.27. The second-order valence-corrected chi connectivity index (χ2v) is 9.07. The van der Waals surface area contributed by atoms with Gasteiger partial charge in [-0.2, -0.15) is 0 Å². The molecule has 0 radical (unpaired) electrons. The van der Waals surface area contributed by atoms with Gasteiger partial charge in [0.25, 0.3) is 10.9 Å². The number of nitrogens with zero attached hydrogens (tertiary/aromatic N) is 3. The van der Waals surface area contributed by atoms with E-state index in [9.17, 15) is 14.4 Å². The Balaban J connectivity index is 1.33. The molecule has 1 saturated heterocycles. The van der Waals surface area contributed by atoms with Crippen molar-refractivity contribution < 1.29 is 9.53 Å². The summed E-state index contributed by atoms with van der Waals surface area (Å²) in [7, 11) is 1.31. The van der Waals surface area contributed by atoms with E-state index in [0.717, 1.165) is 41.4 Å². The zero-order valence-corrected chi connectivity index (χ0v) is 20.2. The number of hydrogen-bond acceptors (Lipinski definition) is 9. The number of pyridine rings is 2. The fourth-order valence-corrected chi connectivity index (χ4v) is 4.77. The lowest BCUT2D eigenvalue weighted by Gasteiger charge is -2.28. The summed E-state index contributed by atoms with van der Waals surface area (Å²) in [6, 6.07) is 10.8. The summed E-state index contributed by atoms with van der Waals surface area (Å²) >= 11 is 0. The Morgan fingerprint density at radius 3 is 2.64 bits per heavy atom. The Morgan fingerprint density at radius 2 is 1.92 bits per heavy atom. The molecule has 2 atom stereocenters. The van der Waals surface area contributed by atoms with E-state index in [1.54, 1.807) is 18.6 Å². The van der Waals surface area contributed by atoms with Crippen molar-refractivity contribution in [2.24, 2.45) is 0 Å². The van der Waals surface area contributed by atoms with E-state index in [1.807, 2.05) is 48.2 Å². The first-order valence-corrected chi connectivity index (χ1v) is 11.9. The molecule has 3 heterocycles. The molecule has 0 spiro atoms. The molecular formula is C27H27N5O4. The van der Waals surface area contributed by atoms with E-state index in [0.29, 0.717) is 11.5 Å². The van der Waals surface area contributed by atoms with Crippen molar-refractivity contribution in [3.8, 4) is 0 Å². The molecule has 4 aromatic rings. The van der Waals surface area contributed by atoms with Gasteiger partial charge in [0, 0.05) is 48.7 Å². The molecule has 1 aliphatic rings. The number of benzene rings is 1. The van der Waals surface area contributed by atoms with E-state index in [1.165, 1.54) is 7.11 Å². The quantitative estimate of drug-likeness (QED) is 0.287. The molecule has 0 bridgehead atoms. The normalized spacial score (nSPS) is 16.3. The smallest absolute Gasteiger partial charge is 0.328 e. The van der Waals surface area contributed by atoms with Crippen molar-refractivity contribution in [1.29, 1.82) is 0 Å². The molecule has 1 fully saturated rings. The van der Waals surface area contributed by atoms with Gasteiger partial charge in [-0.15, -0.1) is 0 Å². The van der Waals surface area contributed by atoms with Crippen molar-refractivity contribution in [3.05, 3.63) is 81.0 Å². The molecule has 0 saturated carbocycles. The molecule has 2 N–H and O–H groups in total. The highest BCUT2D eigenvalue weighted by atomic mass is 16.5. The highest BCUT2D eigenvalue weighted by molar-refractivity contribution is 5.92. The van der Waals surface area contributed by atoms with E-state index in [2.05, 4.69) is 20.6 Å². The van der Waals surface area contributed by atoms with Crippen molar-refractivity contribution in [1.82, 2.24) is 9.97 Å². The largest absolute Gasteiger partial charge is 0.467 e. The fraction of sp³-hybridized carbons (Fsp3) is 0.296. The molecular weight excluding hydrogens is 458 g/mol. The van der Waals surface area contributed by atoms with Crippen molar-refractivity contribution in [2.45, 2.75) is 38.3 Å². The number of aromatic nitrogens is 2. The Kier molecular flexibility index (Phi) is 6.37. The van der Waals surface area contributed by atoms with Crippen LogP contribution in [0.1, 0.15) is 25.3 Å². The maximum atomic E-state index is 12.6. The number of esters is 1. The molecule has 184 valence electrons. The molecule has 9 nitrogen and oxygen atoms in total. The Labute approximate surface area is 207 Å². The van der Waals surface area contributed by atoms with Crippen LogP contribution in [0.25, 0.3) is 10.8 Å². The van der Waals surface area contributed by atoms with Crippen molar-refractivity contribution >= 4 is 39.6 Å². The molecule has 36 heavy (non-hydrogen) atoms. The third kappa shape index (κ3) is 4.39. The van der Waals surface area contributed by atoms with Gasteiger partial charge in [0.1, 0.15) is 23.2 Å². The van der Waals surface area contributed by atoms with Crippen LogP contribution in [0, 0.1) is 0 Å². The maximum absolute atomic E-state index is 12.6. The number of anilines is 4. The third-order valence-corrected chi connectivity index (χ3v) is 6.75. The van der Waals surface area contributed by atoms with Gasteiger partial charge in [-0.1, -0.05) is 12.1 Å². The number of fused-ring (bicyclic) bond motifs is 1. The van der Waals surface area contributed by atoms with Crippen LogP contribution in [0.4, 0.5) is 22.9 Å². The molecule has 1 aliphatic heterocycles. The predicted octanol–water partition coefficient (Wildman–Crippen LogP) is 3.15. The van der Waals surface area contributed by atoms with Crippen LogP contribution in [-0.2, 0) is 16.0 Å². The highest BCUT2D eigenvalue weighted by Crippen LogP contribution is 2.29. The van der Waals surface area contributed by atoms with Crippen LogP contribution in [0.5, 0.6) is 0 Å². The SMILES string of the molecule is COC(=O)C(Cc1ccc(Nc2nccc3ccncc23)cc1)Nc1c(N2CCC[C@@H]2C)c(=O)c1=O. The number of carbonyl (C=O) groups excluding carboxylic acids is 1. The van der Waals surface area contributed by atoms with E-state index < -0.39 is 22.9 Å². The minimum Gasteiger partial charge on any atom is -0.467 e. The van der Waals surface area contributed by atoms with Gasteiger partial charge in [-0.3, -0.25) is 14.6 Å². The van der Waals surface area contributed by atoms with Gasteiger partial charge >= 0.3 is 5.97 Å². The predicted molar refractivity (Wildman–Crippen MR) is 140 cm³/mol. The van der Waals surface area contributed by atoms with Crippen LogP contribution in [0.15, 0.2) is 64.6 Å². The lowest BCUT2D eigenvalue weighted by atomic mass is 10.0. The lowest BCUT2D eigenvalue weighted by Crippen LogP contribution is -2.46. The van der Waals surface area contributed by atoms with Crippen molar-refractivity contribution in [3.63, 3.8) is 0 Å². The van der Waals surface area contributed by atoms with Crippen LogP contribution in [0.2, 0.25) is 0 Å². The highest BCUT2D eigenvalue weighted by Gasteiger charge is 2.33. The first kappa shape index (κ1) is 23.5. The summed E-state index contributed by atoms with van der Waals surface area (Å²) in [5, 5.41) is 8.27. The van der Waals surface area contributed by atoms with Crippen LogP contribution in [0.3, 0.4) is 0 Å². The first-order chi connectivity index (χ1) is 17.5. The number of rotatable bonds is 8. The average molecular weight is 486 g/mol. The van der Waals surface area contributed by atoms with Gasteiger partial charge < -0.3 is 20.3 Å². The van der Waals surface area contributed by atoms with E-state index in [4.69, 9.17) is 4.74 Å². The van der Waals surface area contributed by atoms with E-state index in [-0.39, 0.29) is 18.2 Å². The van der Waals surface area contributed by atoms with Crippen molar-refractivity contribution in [2.75, 3.05) is 29.2 Å². The fourth-order valence-electron chi connectivity index (χ4n) is 4.77. The van der Waals surface area contributed by atoms with Gasteiger partial charge in [-0.25, -0.2) is 9.78 Å². The van der Waals surface area contributed by atoms with Crippen LogP contribution in [-0.4, -0.2) is 41.7 Å². The number of carbonyl (C=O) groups is 1. The van der Waals surface area contributed by atoms with Gasteiger partial charge in [-0.05, 0) is 55.0 Å². The third-order valence-electron chi connectivity index (χ3n) is 6.75. The summed E-state index contributed by atoms with van der Waals surface area (Å²) in [4.78, 5) is 47.8. The maximum Gasteiger partial charge on any atom is 0.328 e. The second kappa shape index (κ2) is 9.77. The zero-order chi connectivity index (χ0) is 25.2. The molecule has 2 aromatic carbocycles.